The molecule has 1 saturated heterocycles. The number of anilines is 1. The second-order valence-corrected chi connectivity index (χ2v) is 6.51. The fraction of sp³-hybridized carbons (Fsp3) is 0.333. The normalized spacial score (nSPS) is 21.9. The van der Waals surface area contributed by atoms with Crippen molar-refractivity contribution in [3.63, 3.8) is 0 Å². The van der Waals surface area contributed by atoms with Gasteiger partial charge in [0.1, 0.15) is 5.82 Å². The first kappa shape index (κ1) is 15.3. The van der Waals surface area contributed by atoms with Crippen LogP contribution in [-0.4, -0.2) is 19.1 Å². The van der Waals surface area contributed by atoms with Gasteiger partial charge in [0.2, 0.25) is 0 Å². The van der Waals surface area contributed by atoms with E-state index in [0.29, 0.717) is 5.92 Å². The number of rotatable bonds is 3. The molecule has 0 spiro atoms. The van der Waals surface area contributed by atoms with Crippen LogP contribution in [0.1, 0.15) is 12.0 Å². The largest absolute Gasteiger partial charge is 0.370 e. The molecule has 4 heteroatoms. The van der Waals surface area contributed by atoms with Crippen LogP contribution in [0.2, 0.25) is 5.02 Å². The highest BCUT2D eigenvalue weighted by Crippen LogP contribution is 2.27. The predicted octanol–water partition coefficient (Wildman–Crippen LogP) is 3.88. The number of nitrogens with two attached hydrogens (primary N) is 1. The van der Waals surface area contributed by atoms with Crippen LogP contribution in [0.5, 0.6) is 0 Å². The summed E-state index contributed by atoms with van der Waals surface area (Å²) in [6, 6.07) is 14.8. The molecule has 2 atom stereocenters. The standard InChI is InChI=1S/C18H20ClFN2/c19-15-2-1-3-18(10-15)22-11-14(9-17(21)12-22)8-13-4-6-16(20)7-5-13/h1-7,10,14,17H,8-9,11-12,21H2. The summed E-state index contributed by atoms with van der Waals surface area (Å²) in [5.74, 6) is 0.276. The Morgan fingerprint density at radius 3 is 2.64 bits per heavy atom. The molecule has 2 unspecified atom stereocenters. The maximum Gasteiger partial charge on any atom is 0.123 e. The monoisotopic (exact) mass is 318 g/mol. The molecule has 0 amide bonds. The van der Waals surface area contributed by atoms with Crippen molar-refractivity contribution in [1.82, 2.24) is 0 Å². The van der Waals surface area contributed by atoms with Crippen molar-refractivity contribution < 1.29 is 4.39 Å². The average molecular weight is 319 g/mol. The summed E-state index contributed by atoms with van der Waals surface area (Å²) in [6.07, 6.45) is 1.92. The topological polar surface area (TPSA) is 29.3 Å². The minimum absolute atomic E-state index is 0.151. The van der Waals surface area contributed by atoms with Gasteiger partial charge in [-0.05, 0) is 54.7 Å². The lowest BCUT2D eigenvalue weighted by Gasteiger charge is -2.38. The Hall–Kier alpha value is -1.58. The molecule has 1 heterocycles. The zero-order valence-corrected chi connectivity index (χ0v) is 13.1. The molecule has 3 rings (SSSR count). The molecule has 1 aliphatic rings. The molecular weight excluding hydrogens is 299 g/mol. The lowest BCUT2D eigenvalue weighted by Crippen LogP contribution is -2.47. The van der Waals surface area contributed by atoms with Crippen molar-refractivity contribution in [2.45, 2.75) is 18.9 Å². The van der Waals surface area contributed by atoms with Crippen LogP contribution in [0, 0.1) is 11.7 Å². The molecule has 2 N–H and O–H groups in total. The third-order valence-corrected chi connectivity index (χ3v) is 4.42. The number of hydrogen-bond acceptors (Lipinski definition) is 2. The van der Waals surface area contributed by atoms with Crippen molar-refractivity contribution in [3.8, 4) is 0 Å². The minimum Gasteiger partial charge on any atom is -0.370 e. The van der Waals surface area contributed by atoms with Gasteiger partial charge in [-0.15, -0.1) is 0 Å². The number of benzene rings is 2. The van der Waals surface area contributed by atoms with Crippen LogP contribution in [0.4, 0.5) is 10.1 Å². The first-order valence-electron chi connectivity index (χ1n) is 7.60. The van der Waals surface area contributed by atoms with E-state index in [4.69, 9.17) is 17.3 Å². The van der Waals surface area contributed by atoms with Crippen LogP contribution in [0.15, 0.2) is 48.5 Å². The smallest absolute Gasteiger partial charge is 0.123 e. The van der Waals surface area contributed by atoms with Gasteiger partial charge in [0, 0.05) is 29.8 Å². The molecule has 2 nitrogen and oxygen atoms in total. The third kappa shape index (κ3) is 3.79. The molecule has 0 radical (unpaired) electrons. The predicted molar refractivity (Wildman–Crippen MR) is 89.9 cm³/mol. The summed E-state index contributed by atoms with van der Waals surface area (Å²) in [4.78, 5) is 2.30. The van der Waals surface area contributed by atoms with Crippen LogP contribution < -0.4 is 10.6 Å². The highest BCUT2D eigenvalue weighted by molar-refractivity contribution is 6.30. The number of halogens is 2. The molecule has 0 bridgehead atoms. The molecule has 0 aliphatic carbocycles. The van der Waals surface area contributed by atoms with Crippen molar-refractivity contribution in [1.29, 1.82) is 0 Å². The maximum atomic E-state index is 13.0. The van der Waals surface area contributed by atoms with Gasteiger partial charge in [0.25, 0.3) is 0 Å². The first-order chi connectivity index (χ1) is 10.6. The van der Waals surface area contributed by atoms with Gasteiger partial charge >= 0.3 is 0 Å². The Bertz CT molecular complexity index is 629. The second kappa shape index (κ2) is 6.67. The quantitative estimate of drug-likeness (QED) is 0.930. The van der Waals surface area contributed by atoms with Crippen molar-refractivity contribution in [2.75, 3.05) is 18.0 Å². The van der Waals surface area contributed by atoms with Crippen molar-refractivity contribution in [2.24, 2.45) is 11.7 Å². The Morgan fingerprint density at radius 2 is 1.91 bits per heavy atom. The minimum atomic E-state index is -0.190. The molecule has 1 fully saturated rings. The van der Waals surface area contributed by atoms with Crippen molar-refractivity contribution in [3.05, 3.63) is 64.9 Å². The van der Waals surface area contributed by atoms with Crippen LogP contribution in [0.25, 0.3) is 0 Å². The van der Waals surface area contributed by atoms with E-state index in [-0.39, 0.29) is 11.9 Å². The van der Waals surface area contributed by atoms with E-state index >= 15 is 0 Å². The van der Waals surface area contributed by atoms with E-state index in [9.17, 15) is 4.39 Å². The van der Waals surface area contributed by atoms with Gasteiger partial charge in [0.05, 0.1) is 0 Å². The fourth-order valence-corrected chi connectivity index (χ4v) is 3.42. The molecule has 1 aliphatic heterocycles. The van der Waals surface area contributed by atoms with Crippen molar-refractivity contribution >= 4 is 17.3 Å². The zero-order chi connectivity index (χ0) is 15.5. The van der Waals surface area contributed by atoms with Gasteiger partial charge in [-0.1, -0.05) is 29.8 Å². The van der Waals surface area contributed by atoms with Gasteiger partial charge in [0.15, 0.2) is 0 Å². The molecule has 0 saturated carbocycles. The summed E-state index contributed by atoms with van der Waals surface area (Å²) in [7, 11) is 0. The zero-order valence-electron chi connectivity index (χ0n) is 12.4. The van der Waals surface area contributed by atoms with E-state index in [0.717, 1.165) is 42.2 Å². The molecule has 0 aromatic heterocycles. The fourth-order valence-electron chi connectivity index (χ4n) is 3.23. The van der Waals surface area contributed by atoms with E-state index in [1.54, 1.807) is 0 Å². The second-order valence-electron chi connectivity index (χ2n) is 6.08. The lowest BCUT2D eigenvalue weighted by atomic mass is 9.89. The SMILES string of the molecule is NC1CC(Cc2ccc(F)cc2)CN(c2cccc(Cl)c2)C1. The summed E-state index contributed by atoms with van der Waals surface area (Å²) in [6.45, 7) is 1.80. The van der Waals surface area contributed by atoms with Gasteiger partial charge in [-0.25, -0.2) is 4.39 Å². The van der Waals surface area contributed by atoms with Gasteiger partial charge in [-0.2, -0.15) is 0 Å². The van der Waals surface area contributed by atoms with E-state index in [1.165, 1.54) is 12.1 Å². The molecule has 2 aromatic carbocycles. The first-order valence-corrected chi connectivity index (χ1v) is 7.98. The van der Waals surface area contributed by atoms with E-state index in [1.807, 2.05) is 30.3 Å². The van der Waals surface area contributed by atoms with Crippen LogP contribution in [-0.2, 0) is 6.42 Å². The van der Waals surface area contributed by atoms with Crippen LogP contribution >= 0.6 is 11.6 Å². The highest BCUT2D eigenvalue weighted by atomic mass is 35.5. The molecule has 22 heavy (non-hydrogen) atoms. The van der Waals surface area contributed by atoms with E-state index < -0.39 is 0 Å². The Morgan fingerprint density at radius 1 is 1.14 bits per heavy atom. The third-order valence-electron chi connectivity index (χ3n) is 4.18. The molecular formula is C18H20ClFN2. The number of piperidine rings is 1. The summed E-state index contributed by atoms with van der Waals surface area (Å²) in [5.41, 5.74) is 8.51. The lowest BCUT2D eigenvalue weighted by molar-refractivity contribution is 0.374. The summed E-state index contributed by atoms with van der Waals surface area (Å²) < 4.78 is 13.0. The number of nitrogens with zero attached hydrogens (tertiary/aromatic N) is 1. The summed E-state index contributed by atoms with van der Waals surface area (Å²) in [5, 5.41) is 0.742. The highest BCUT2D eigenvalue weighted by Gasteiger charge is 2.25. The average Bonchev–Trinajstić information content (AvgIpc) is 2.49. The Labute approximate surface area is 135 Å². The molecule has 116 valence electrons. The van der Waals surface area contributed by atoms with Gasteiger partial charge in [-0.3, -0.25) is 0 Å². The Kier molecular flexibility index (Phi) is 4.65. The summed E-state index contributed by atoms with van der Waals surface area (Å²) >= 11 is 6.09. The molecule has 2 aromatic rings. The van der Waals surface area contributed by atoms with Crippen LogP contribution in [0.3, 0.4) is 0 Å². The maximum absolute atomic E-state index is 13.0. The van der Waals surface area contributed by atoms with E-state index in [2.05, 4.69) is 11.0 Å². The van der Waals surface area contributed by atoms with Gasteiger partial charge < -0.3 is 10.6 Å². The number of hydrogen-bond donors (Lipinski definition) is 1. The Balaban J connectivity index is 1.72.